The van der Waals surface area contributed by atoms with Crippen molar-refractivity contribution < 1.29 is 18.4 Å². The van der Waals surface area contributed by atoms with E-state index in [0.29, 0.717) is 12.8 Å². The second-order valence-corrected chi connectivity index (χ2v) is 5.29. The molecule has 0 saturated carbocycles. The summed E-state index contributed by atoms with van der Waals surface area (Å²) in [5.41, 5.74) is -0.452. The molecule has 1 aromatic rings. The molecule has 8 heteroatoms. The zero-order valence-electron chi connectivity index (χ0n) is 9.57. The summed E-state index contributed by atoms with van der Waals surface area (Å²) in [4.78, 5) is 9.64. The summed E-state index contributed by atoms with van der Waals surface area (Å²) in [5, 5.41) is 19.3. The third kappa shape index (κ3) is 3.76. The van der Waals surface area contributed by atoms with E-state index in [4.69, 9.17) is 5.11 Å². The molecule has 0 spiro atoms. The molecule has 0 unspecified atom stereocenters. The van der Waals surface area contributed by atoms with Gasteiger partial charge < -0.3 is 5.11 Å². The zero-order chi connectivity index (χ0) is 13.6. The average molecular weight is 274 g/mol. The molecule has 0 heterocycles. The van der Waals surface area contributed by atoms with E-state index in [1.807, 2.05) is 0 Å². The van der Waals surface area contributed by atoms with Gasteiger partial charge in [-0.25, -0.2) is 13.1 Å². The van der Waals surface area contributed by atoms with Gasteiger partial charge in [0.15, 0.2) is 4.90 Å². The predicted octanol–water partition coefficient (Wildman–Crippen LogP) is 0.646. The molecule has 18 heavy (non-hydrogen) atoms. The van der Waals surface area contributed by atoms with Crippen LogP contribution in [-0.2, 0) is 10.0 Å². The van der Waals surface area contributed by atoms with E-state index < -0.39 is 20.6 Å². The summed E-state index contributed by atoms with van der Waals surface area (Å²) < 4.78 is 25.9. The van der Waals surface area contributed by atoms with E-state index >= 15 is 0 Å². The van der Waals surface area contributed by atoms with Crippen LogP contribution in [0.5, 0.6) is 0 Å². The van der Waals surface area contributed by atoms with Crippen molar-refractivity contribution in [1.82, 2.24) is 4.72 Å². The average Bonchev–Trinajstić information content (AvgIpc) is 2.35. The summed E-state index contributed by atoms with van der Waals surface area (Å²) >= 11 is 0. The lowest BCUT2D eigenvalue weighted by Crippen LogP contribution is -2.25. The topological polar surface area (TPSA) is 110 Å². The second kappa shape index (κ2) is 6.43. The van der Waals surface area contributed by atoms with Gasteiger partial charge in [0.1, 0.15) is 0 Å². The number of aliphatic hydroxyl groups is 1. The van der Waals surface area contributed by atoms with E-state index in [0.717, 1.165) is 6.07 Å². The van der Waals surface area contributed by atoms with Crippen LogP contribution < -0.4 is 4.72 Å². The molecule has 0 aliphatic heterocycles. The van der Waals surface area contributed by atoms with Gasteiger partial charge in [-0.05, 0) is 18.9 Å². The maximum atomic E-state index is 11.8. The monoisotopic (exact) mass is 274 g/mol. The number of nitro benzene ring substituents is 1. The molecular formula is C10H14N2O5S. The molecule has 0 fully saturated rings. The van der Waals surface area contributed by atoms with Gasteiger partial charge in [0.05, 0.1) is 4.92 Å². The third-order valence-corrected chi connectivity index (χ3v) is 3.74. The van der Waals surface area contributed by atoms with Gasteiger partial charge in [-0.1, -0.05) is 12.1 Å². The Hall–Kier alpha value is -1.51. The van der Waals surface area contributed by atoms with Crippen LogP contribution in [0.4, 0.5) is 5.69 Å². The molecule has 100 valence electrons. The minimum Gasteiger partial charge on any atom is -0.396 e. The molecule has 0 saturated heterocycles. The fraction of sp³-hybridized carbons (Fsp3) is 0.400. The number of aliphatic hydroxyl groups excluding tert-OH is 1. The maximum Gasteiger partial charge on any atom is 0.289 e. The van der Waals surface area contributed by atoms with Crippen molar-refractivity contribution in [1.29, 1.82) is 0 Å². The van der Waals surface area contributed by atoms with E-state index in [-0.39, 0.29) is 18.0 Å². The Morgan fingerprint density at radius 1 is 1.28 bits per heavy atom. The van der Waals surface area contributed by atoms with Crippen molar-refractivity contribution in [3.05, 3.63) is 34.4 Å². The number of benzene rings is 1. The van der Waals surface area contributed by atoms with Gasteiger partial charge in [0, 0.05) is 19.2 Å². The second-order valence-electron chi connectivity index (χ2n) is 3.55. The van der Waals surface area contributed by atoms with Crippen LogP contribution in [0.1, 0.15) is 12.8 Å². The SMILES string of the molecule is O=[N+]([O-])c1ccccc1S(=O)(=O)NCCCCO. The largest absolute Gasteiger partial charge is 0.396 e. The van der Waals surface area contributed by atoms with Crippen LogP contribution in [0, 0.1) is 10.1 Å². The predicted molar refractivity (Wildman–Crippen MR) is 64.6 cm³/mol. The Kier molecular flexibility index (Phi) is 5.20. The van der Waals surface area contributed by atoms with Crippen LogP contribution in [0.15, 0.2) is 29.2 Å². The molecule has 0 aromatic heterocycles. The number of nitrogens with one attached hydrogen (secondary N) is 1. The van der Waals surface area contributed by atoms with Gasteiger partial charge in [-0.15, -0.1) is 0 Å². The Labute approximate surface area is 105 Å². The quantitative estimate of drug-likeness (QED) is 0.431. The highest BCUT2D eigenvalue weighted by Crippen LogP contribution is 2.22. The van der Waals surface area contributed by atoms with Crippen molar-refractivity contribution in [3.8, 4) is 0 Å². The smallest absolute Gasteiger partial charge is 0.289 e. The van der Waals surface area contributed by atoms with E-state index in [2.05, 4.69) is 4.72 Å². The molecule has 2 N–H and O–H groups in total. The maximum absolute atomic E-state index is 11.8. The Morgan fingerprint density at radius 3 is 2.56 bits per heavy atom. The first-order valence-corrected chi connectivity index (χ1v) is 6.81. The Morgan fingerprint density at radius 2 is 1.94 bits per heavy atom. The molecule has 7 nitrogen and oxygen atoms in total. The zero-order valence-corrected chi connectivity index (χ0v) is 10.4. The first kappa shape index (κ1) is 14.6. The van der Waals surface area contributed by atoms with Crippen LogP contribution >= 0.6 is 0 Å². The van der Waals surface area contributed by atoms with Gasteiger partial charge in [0.2, 0.25) is 10.0 Å². The number of unbranched alkanes of at least 4 members (excludes halogenated alkanes) is 1. The highest BCUT2D eigenvalue weighted by Gasteiger charge is 2.24. The Bertz CT molecular complexity index is 515. The molecule has 0 atom stereocenters. The first-order chi connectivity index (χ1) is 8.49. The summed E-state index contributed by atoms with van der Waals surface area (Å²) in [7, 11) is -3.89. The van der Waals surface area contributed by atoms with Crippen molar-refractivity contribution in [2.45, 2.75) is 17.7 Å². The summed E-state index contributed by atoms with van der Waals surface area (Å²) in [5.74, 6) is 0. The van der Waals surface area contributed by atoms with Gasteiger partial charge in [-0.2, -0.15) is 0 Å². The summed E-state index contributed by atoms with van der Waals surface area (Å²) in [6.07, 6.45) is 0.940. The minimum atomic E-state index is -3.89. The van der Waals surface area contributed by atoms with Crippen LogP contribution in [0.3, 0.4) is 0 Å². The van der Waals surface area contributed by atoms with Gasteiger partial charge in [0.25, 0.3) is 5.69 Å². The lowest BCUT2D eigenvalue weighted by atomic mass is 10.3. The molecule has 0 radical (unpaired) electrons. The van der Waals surface area contributed by atoms with Crippen LogP contribution in [0.25, 0.3) is 0 Å². The Balaban J connectivity index is 2.88. The van der Waals surface area contributed by atoms with Crippen molar-refractivity contribution >= 4 is 15.7 Å². The molecule has 1 aromatic carbocycles. The minimum absolute atomic E-state index is 0.0206. The summed E-state index contributed by atoms with van der Waals surface area (Å²) in [6.45, 7) is 0.113. The molecule has 1 rings (SSSR count). The normalized spacial score (nSPS) is 11.4. The number of para-hydroxylation sites is 1. The lowest BCUT2D eigenvalue weighted by Gasteiger charge is -2.06. The number of sulfonamides is 1. The highest BCUT2D eigenvalue weighted by molar-refractivity contribution is 7.89. The van der Waals surface area contributed by atoms with E-state index in [1.165, 1.54) is 18.2 Å². The molecule has 0 bridgehead atoms. The summed E-state index contributed by atoms with van der Waals surface area (Å²) in [6, 6.07) is 5.16. The fourth-order valence-electron chi connectivity index (χ4n) is 1.36. The standard InChI is InChI=1S/C10H14N2O5S/c13-8-4-3-7-11-18(16,17)10-6-2-1-5-9(10)12(14)15/h1-2,5-6,11,13H,3-4,7-8H2. The fourth-order valence-corrected chi connectivity index (χ4v) is 2.60. The van der Waals surface area contributed by atoms with E-state index in [1.54, 1.807) is 0 Å². The third-order valence-electron chi connectivity index (χ3n) is 2.23. The number of nitro groups is 1. The van der Waals surface area contributed by atoms with Gasteiger partial charge in [-0.3, -0.25) is 10.1 Å². The molecule has 0 aliphatic rings. The van der Waals surface area contributed by atoms with Crippen molar-refractivity contribution in [3.63, 3.8) is 0 Å². The van der Waals surface area contributed by atoms with Crippen molar-refractivity contribution in [2.24, 2.45) is 0 Å². The van der Waals surface area contributed by atoms with Crippen molar-refractivity contribution in [2.75, 3.05) is 13.2 Å². The number of rotatable bonds is 7. The number of hydrogen-bond donors (Lipinski definition) is 2. The van der Waals surface area contributed by atoms with E-state index in [9.17, 15) is 18.5 Å². The number of hydrogen-bond acceptors (Lipinski definition) is 5. The molecule has 0 aliphatic carbocycles. The molecule has 0 amide bonds. The van der Waals surface area contributed by atoms with Gasteiger partial charge >= 0.3 is 0 Å². The highest BCUT2D eigenvalue weighted by atomic mass is 32.2. The van der Waals surface area contributed by atoms with Crippen LogP contribution in [0.2, 0.25) is 0 Å². The molecular weight excluding hydrogens is 260 g/mol. The van der Waals surface area contributed by atoms with Crippen LogP contribution in [-0.4, -0.2) is 31.6 Å². The first-order valence-electron chi connectivity index (χ1n) is 5.33. The lowest BCUT2D eigenvalue weighted by molar-refractivity contribution is -0.387. The number of nitrogens with zero attached hydrogens (tertiary/aromatic N) is 1.